The number of aromatic carboxylic acids is 1. The fourth-order valence-corrected chi connectivity index (χ4v) is 1.79. The number of nitrogens with zero attached hydrogens (tertiary/aromatic N) is 3. The second kappa shape index (κ2) is 4.40. The minimum Gasteiger partial charge on any atom is -0.478 e. The summed E-state index contributed by atoms with van der Waals surface area (Å²) in [5, 5.41) is 9.05. The maximum atomic E-state index is 11.6. The van der Waals surface area contributed by atoms with E-state index in [1.807, 2.05) is 0 Å². The minimum absolute atomic E-state index is 0.00981. The lowest BCUT2D eigenvalue weighted by Gasteiger charge is -2.33. The maximum absolute atomic E-state index is 11.6. The molecule has 0 saturated carbocycles. The fraction of sp³-hybridized carbons (Fsp3) is 0.364. The Balaban J connectivity index is 2.29. The van der Waals surface area contributed by atoms with E-state index < -0.39 is 5.97 Å². The van der Waals surface area contributed by atoms with Crippen molar-refractivity contribution in [1.29, 1.82) is 0 Å². The molecule has 1 aliphatic rings. The third kappa shape index (κ3) is 2.20. The molecule has 1 amide bonds. The van der Waals surface area contributed by atoms with Crippen LogP contribution < -0.4 is 4.90 Å². The van der Waals surface area contributed by atoms with Crippen LogP contribution in [0.5, 0.6) is 0 Å². The highest BCUT2D eigenvalue weighted by Crippen LogP contribution is 2.20. The molecular formula is C11H13N3O3. The number of aromatic nitrogens is 1. The summed E-state index contributed by atoms with van der Waals surface area (Å²) in [7, 11) is 1.74. The van der Waals surface area contributed by atoms with E-state index in [1.165, 1.54) is 12.4 Å². The molecule has 0 spiro atoms. The first kappa shape index (κ1) is 11.4. The summed E-state index contributed by atoms with van der Waals surface area (Å²) in [6.45, 7) is 1.44. The second-order valence-corrected chi connectivity index (χ2v) is 3.93. The first-order valence-corrected chi connectivity index (χ1v) is 5.26. The van der Waals surface area contributed by atoms with E-state index in [0.29, 0.717) is 18.8 Å². The molecule has 1 fully saturated rings. The van der Waals surface area contributed by atoms with Gasteiger partial charge in [0.1, 0.15) is 5.56 Å². The zero-order valence-corrected chi connectivity index (χ0v) is 9.46. The lowest BCUT2D eigenvalue weighted by molar-refractivity contribution is -0.129. The molecule has 0 aromatic carbocycles. The molecule has 1 N–H and O–H groups in total. The molecule has 17 heavy (non-hydrogen) atoms. The summed E-state index contributed by atoms with van der Waals surface area (Å²) in [6, 6.07) is 1.63. The molecule has 1 aliphatic heterocycles. The third-order valence-corrected chi connectivity index (χ3v) is 2.83. The predicted molar refractivity (Wildman–Crippen MR) is 61.0 cm³/mol. The smallest absolute Gasteiger partial charge is 0.339 e. The van der Waals surface area contributed by atoms with Crippen LogP contribution >= 0.6 is 0 Å². The number of piperazine rings is 1. The summed E-state index contributed by atoms with van der Waals surface area (Å²) in [5.74, 6) is -1.04. The van der Waals surface area contributed by atoms with Crippen LogP contribution in [0.25, 0.3) is 0 Å². The molecule has 1 saturated heterocycles. The molecular weight excluding hydrogens is 222 g/mol. The van der Waals surface area contributed by atoms with E-state index in [1.54, 1.807) is 22.9 Å². The highest BCUT2D eigenvalue weighted by Gasteiger charge is 2.24. The van der Waals surface area contributed by atoms with Gasteiger partial charge < -0.3 is 14.9 Å². The Morgan fingerprint density at radius 1 is 1.47 bits per heavy atom. The summed E-state index contributed by atoms with van der Waals surface area (Å²) >= 11 is 0. The van der Waals surface area contributed by atoms with Crippen LogP contribution in [-0.2, 0) is 4.79 Å². The van der Waals surface area contributed by atoms with Crippen molar-refractivity contribution in [3.8, 4) is 0 Å². The lowest BCUT2D eigenvalue weighted by atomic mass is 10.2. The summed E-state index contributed by atoms with van der Waals surface area (Å²) in [4.78, 5) is 29.8. The van der Waals surface area contributed by atoms with E-state index >= 15 is 0 Å². The summed E-state index contributed by atoms with van der Waals surface area (Å²) in [5.41, 5.74) is 0.679. The largest absolute Gasteiger partial charge is 0.478 e. The summed E-state index contributed by atoms with van der Waals surface area (Å²) < 4.78 is 0. The SMILES string of the molecule is CN1CCN(c2ccncc2C(=O)O)CC1=O. The number of pyridine rings is 1. The van der Waals surface area contributed by atoms with E-state index in [2.05, 4.69) is 4.98 Å². The number of anilines is 1. The molecule has 0 atom stereocenters. The molecule has 6 nitrogen and oxygen atoms in total. The van der Waals surface area contributed by atoms with Crippen LogP contribution in [0.2, 0.25) is 0 Å². The monoisotopic (exact) mass is 235 g/mol. The Morgan fingerprint density at radius 3 is 2.88 bits per heavy atom. The Kier molecular flexibility index (Phi) is 2.95. The molecule has 0 aliphatic carbocycles. The van der Waals surface area contributed by atoms with Crippen molar-refractivity contribution in [2.24, 2.45) is 0 Å². The van der Waals surface area contributed by atoms with Gasteiger partial charge in [-0.1, -0.05) is 0 Å². The number of hydrogen-bond acceptors (Lipinski definition) is 4. The van der Waals surface area contributed by atoms with Crippen LogP contribution in [-0.4, -0.2) is 53.5 Å². The summed E-state index contributed by atoms with van der Waals surface area (Å²) in [6.07, 6.45) is 2.84. The van der Waals surface area contributed by atoms with Gasteiger partial charge in [-0.2, -0.15) is 0 Å². The van der Waals surface area contributed by atoms with E-state index in [9.17, 15) is 9.59 Å². The zero-order chi connectivity index (χ0) is 12.4. The van der Waals surface area contributed by atoms with Crippen LogP contribution in [0.4, 0.5) is 5.69 Å². The molecule has 0 radical (unpaired) electrons. The van der Waals surface area contributed by atoms with Crippen molar-refractivity contribution in [3.63, 3.8) is 0 Å². The molecule has 6 heteroatoms. The van der Waals surface area contributed by atoms with Crippen molar-refractivity contribution in [2.75, 3.05) is 31.6 Å². The van der Waals surface area contributed by atoms with Crippen molar-refractivity contribution in [2.45, 2.75) is 0 Å². The van der Waals surface area contributed by atoms with Gasteiger partial charge in [0.25, 0.3) is 0 Å². The highest BCUT2D eigenvalue weighted by molar-refractivity contribution is 5.95. The van der Waals surface area contributed by atoms with Gasteiger partial charge in [-0.3, -0.25) is 9.78 Å². The third-order valence-electron chi connectivity index (χ3n) is 2.83. The number of carboxylic acids is 1. The first-order valence-electron chi connectivity index (χ1n) is 5.26. The quantitative estimate of drug-likeness (QED) is 0.784. The van der Waals surface area contributed by atoms with Gasteiger partial charge in [0.15, 0.2) is 0 Å². The average Bonchev–Trinajstić information content (AvgIpc) is 2.32. The van der Waals surface area contributed by atoms with Crippen LogP contribution in [0.3, 0.4) is 0 Å². The van der Waals surface area contributed by atoms with Crippen LogP contribution in [0, 0.1) is 0 Å². The molecule has 0 unspecified atom stereocenters. The molecule has 90 valence electrons. The van der Waals surface area contributed by atoms with Gasteiger partial charge in [-0.25, -0.2) is 4.79 Å². The topological polar surface area (TPSA) is 73.7 Å². The predicted octanol–water partition coefficient (Wildman–Crippen LogP) is 0.0582. The second-order valence-electron chi connectivity index (χ2n) is 3.93. The van der Waals surface area contributed by atoms with Gasteiger partial charge in [-0.15, -0.1) is 0 Å². The number of likely N-dealkylation sites (N-methyl/N-ethyl adjacent to an activating group) is 1. The molecule has 1 aromatic rings. The van der Waals surface area contributed by atoms with E-state index in [-0.39, 0.29) is 18.0 Å². The molecule has 2 heterocycles. The lowest BCUT2D eigenvalue weighted by Crippen LogP contribution is -2.49. The van der Waals surface area contributed by atoms with E-state index in [0.717, 1.165) is 0 Å². The van der Waals surface area contributed by atoms with Crippen LogP contribution in [0.15, 0.2) is 18.5 Å². The zero-order valence-electron chi connectivity index (χ0n) is 9.46. The number of rotatable bonds is 2. The van der Waals surface area contributed by atoms with Gasteiger partial charge in [0, 0.05) is 32.5 Å². The standard InChI is InChI=1S/C11H13N3O3/c1-13-4-5-14(7-10(13)15)9-2-3-12-6-8(9)11(16)17/h2-3,6H,4-5,7H2,1H3,(H,16,17). The highest BCUT2D eigenvalue weighted by atomic mass is 16.4. The van der Waals surface area contributed by atoms with Crippen molar-refractivity contribution >= 4 is 17.6 Å². The fourth-order valence-electron chi connectivity index (χ4n) is 1.79. The van der Waals surface area contributed by atoms with Gasteiger partial charge in [-0.05, 0) is 6.07 Å². The van der Waals surface area contributed by atoms with E-state index in [4.69, 9.17) is 5.11 Å². The Bertz CT molecular complexity index is 461. The number of carboxylic acid groups (broad SMARTS) is 1. The van der Waals surface area contributed by atoms with Gasteiger partial charge in [0.05, 0.1) is 12.2 Å². The average molecular weight is 235 g/mol. The van der Waals surface area contributed by atoms with Crippen molar-refractivity contribution < 1.29 is 14.7 Å². The first-order chi connectivity index (χ1) is 8.09. The molecule has 0 bridgehead atoms. The van der Waals surface area contributed by atoms with Crippen molar-refractivity contribution in [3.05, 3.63) is 24.0 Å². The van der Waals surface area contributed by atoms with Gasteiger partial charge >= 0.3 is 5.97 Å². The minimum atomic E-state index is -1.03. The Hall–Kier alpha value is -2.11. The Labute approximate surface area is 98.5 Å². The maximum Gasteiger partial charge on any atom is 0.339 e. The van der Waals surface area contributed by atoms with Gasteiger partial charge in [0.2, 0.25) is 5.91 Å². The Morgan fingerprint density at radius 2 is 2.24 bits per heavy atom. The number of carbonyl (C=O) groups is 2. The van der Waals surface area contributed by atoms with Crippen LogP contribution in [0.1, 0.15) is 10.4 Å². The van der Waals surface area contributed by atoms with Crippen molar-refractivity contribution in [1.82, 2.24) is 9.88 Å². The number of amides is 1. The normalized spacial score (nSPS) is 16.2. The molecule has 2 rings (SSSR count). The number of hydrogen-bond donors (Lipinski definition) is 1. The number of carbonyl (C=O) groups excluding carboxylic acids is 1. The molecule has 1 aromatic heterocycles.